The van der Waals surface area contributed by atoms with E-state index in [-0.39, 0.29) is 5.91 Å². The van der Waals surface area contributed by atoms with Crippen LogP contribution in [-0.2, 0) is 19.5 Å². The summed E-state index contributed by atoms with van der Waals surface area (Å²) in [6, 6.07) is 16.1. The second kappa shape index (κ2) is 7.32. The molecule has 3 aromatic rings. The average molecular weight is 361 g/mol. The molecule has 0 atom stereocenters. The van der Waals surface area contributed by atoms with Crippen LogP contribution in [0.1, 0.15) is 32.9 Å². The number of rotatable bonds is 4. The molecule has 6 nitrogen and oxygen atoms in total. The van der Waals surface area contributed by atoms with Crippen molar-refractivity contribution in [3.8, 4) is 5.69 Å². The van der Waals surface area contributed by atoms with Gasteiger partial charge in [0.25, 0.3) is 5.91 Å². The minimum Gasteiger partial charge on any atom is -0.347 e. The number of nitrogens with zero attached hydrogens (tertiary/aromatic N) is 4. The van der Waals surface area contributed by atoms with Crippen LogP contribution >= 0.6 is 0 Å². The van der Waals surface area contributed by atoms with Crippen molar-refractivity contribution in [2.24, 2.45) is 0 Å². The Bertz CT molecular complexity index is 964. The molecule has 2 heterocycles. The molecule has 138 valence electrons. The molecule has 2 aromatic carbocycles. The first kappa shape index (κ1) is 17.4. The van der Waals surface area contributed by atoms with Gasteiger partial charge in [0.1, 0.15) is 0 Å². The summed E-state index contributed by atoms with van der Waals surface area (Å²) >= 11 is 0. The molecule has 1 aromatic heterocycles. The number of carbonyl (C=O) groups is 1. The van der Waals surface area contributed by atoms with Gasteiger partial charge in [-0.25, -0.2) is 4.68 Å². The third kappa shape index (κ3) is 3.48. The van der Waals surface area contributed by atoms with Gasteiger partial charge in [-0.15, -0.1) is 5.10 Å². The Morgan fingerprint density at radius 3 is 2.78 bits per heavy atom. The van der Waals surface area contributed by atoms with Gasteiger partial charge in [0.15, 0.2) is 5.69 Å². The van der Waals surface area contributed by atoms with E-state index in [1.165, 1.54) is 11.1 Å². The van der Waals surface area contributed by atoms with Crippen molar-refractivity contribution in [2.45, 2.75) is 26.4 Å². The topological polar surface area (TPSA) is 63.1 Å². The predicted octanol–water partition coefficient (Wildman–Crippen LogP) is 2.49. The van der Waals surface area contributed by atoms with Gasteiger partial charge in [-0.1, -0.05) is 47.7 Å². The minimum absolute atomic E-state index is 0.202. The summed E-state index contributed by atoms with van der Waals surface area (Å²) in [6.07, 6.45) is 0.969. The lowest BCUT2D eigenvalue weighted by atomic mass is 9.98. The fourth-order valence-corrected chi connectivity index (χ4v) is 3.56. The predicted molar refractivity (Wildman–Crippen MR) is 104 cm³/mol. The van der Waals surface area contributed by atoms with Gasteiger partial charge < -0.3 is 10.2 Å². The number of aromatic nitrogens is 3. The summed E-state index contributed by atoms with van der Waals surface area (Å²) in [4.78, 5) is 14.9. The number of hydrogen-bond donors (Lipinski definition) is 1. The maximum atomic E-state index is 12.6. The van der Waals surface area contributed by atoms with Crippen LogP contribution in [0.15, 0.2) is 48.5 Å². The highest BCUT2D eigenvalue weighted by molar-refractivity contribution is 5.93. The van der Waals surface area contributed by atoms with Crippen LogP contribution in [0.2, 0.25) is 0 Å². The fourth-order valence-electron chi connectivity index (χ4n) is 3.56. The summed E-state index contributed by atoms with van der Waals surface area (Å²) in [5.41, 5.74) is 5.81. The quantitative estimate of drug-likeness (QED) is 0.776. The molecular formula is C21H23N5O. The second-order valence-corrected chi connectivity index (χ2v) is 7.01. The van der Waals surface area contributed by atoms with Crippen molar-refractivity contribution in [1.29, 1.82) is 0 Å². The Hall–Kier alpha value is -2.99. The van der Waals surface area contributed by atoms with E-state index in [2.05, 4.69) is 39.7 Å². The SMILES string of the molecule is Cc1c(C(=O)NCc2ccccc2)nnn1-c1cccc2c1CCN(C)C2. The number of fused-ring (bicyclic) bond motifs is 1. The minimum atomic E-state index is -0.202. The zero-order chi connectivity index (χ0) is 18.8. The lowest BCUT2D eigenvalue weighted by molar-refractivity contribution is 0.0945. The van der Waals surface area contributed by atoms with Crippen LogP contribution in [0.5, 0.6) is 0 Å². The Labute approximate surface area is 158 Å². The summed E-state index contributed by atoms with van der Waals surface area (Å²) in [5, 5.41) is 11.4. The van der Waals surface area contributed by atoms with Gasteiger partial charge in [-0.2, -0.15) is 0 Å². The molecule has 0 radical (unpaired) electrons. The second-order valence-electron chi connectivity index (χ2n) is 7.01. The highest BCUT2D eigenvalue weighted by Crippen LogP contribution is 2.25. The smallest absolute Gasteiger partial charge is 0.274 e. The molecule has 0 saturated heterocycles. The Morgan fingerprint density at radius 1 is 1.15 bits per heavy atom. The molecule has 0 bridgehead atoms. The third-order valence-electron chi connectivity index (χ3n) is 5.07. The first-order chi connectivity index (χ1) is 13.1. The first-order valence-corrected chi connectivity index (χ1v) is 9.17. The van der Waals surface area contributed by atoms with Gasteiger partial charge in [0.2, 0.25) is 0 Å². The molecule has 0 spiro atoms. The standard InChI is InChI=1S/C21H23N5O/c1-15-20(21(27)22-13-16-7-4-3-5-8-16)23-24-26(15)19-10-6-9-17-14-25(2)12-11-18(17)19/h3-10H,11-14H2,1-2H3,(H,22,27). The van der Waals surface area contributed by atoms with E-state index in [0.717, 1.165) is 36.5 Å². The van der Waals surface area contributed by atoms with Crippen molar-refractivity contribution in [3.05, 3.63) is 76.6 Å². The molecule has 0 aliphatic carbocycles. The van der Waals surface area contributed by atoms with Crippen LogP contribution < -0.4 is 5.32 Å². The van der Waals surface area contributed by atoms with E-state index in [0.29, 0.717) is 12.2 Å². The van der Waals surface area contributed by atoms with Crippen LogP contribution in [0, 0.1) is 6.92 Å². The van der Waals surface area contributed by atoms with E-state index in [1.54, 1.807) is 4.68 Å². The zero-order valence-corrected chi connectivity index (χ0v) is 15.6. The molecule has 0 saturated carbocycles. The number of benzene rings is 2. The lowest BCUT2D eigenvalue weighted by Gasteiger charge is -2.26. The van der Waals surface area contributed by atoms with E-state index in [1.807, 2.05) is 43.3 Å². The highest BCUT2D eigenvalue weighted by atomic mass is 16.2. The van der Waals surface area contributed by atoms with Gasteiger partial charge >= 0.3 is 0 Å². The molecule has 27 heavy (non-hydrogen) atoms. The van der Waals surface area contributed by atoms with Gasteiger partial charge in [-0.05, 0) is 43.1 Å². The van der Waals surface area contributed by atoms with Crippen molar-refractivity contribution in [3.63, 3.8) is 0 Å². The highest BCUT2D eigenvalue weighted by Gasteiger charge is 2.21. The monoisotopic (exact) mass is 361 g/mol. The maximum absolute atomic E-state index is 12.6. The molecule has 6 heteroatoms. The van der Waals surface area contributed by atoms with E-state index < -0.39 is 0 Å². The van der Waals surface area contributed by atoms with Crippen LogP contribution in [-0.4, -0.2) is 39.4 Å². The van der Waals surface area contributed by atoms with Gasteiger partial charge in [0.05, 0.1) is 11.4 Å². The first-order valence-electron chi connectivity index (χ1n) is 9.17. The molecule has 1 aliphatic heterocycles. The Balaban J connectivity index is 1.58. The van der Waals surface area contributed by atoms with E-state index in [9.17, 15) is 4.79 Å². The van der Waals surface area contributed by atoms with Gasteiger partial charge in [0, 0.05) is 19.6 Å². The number of carbonyl (C=O) groups excluding carboxylic acids is 1. The molecule has 0 unspecified atom stereocenters. The molecule has 1 N–H and O–H groups in total. The number of amides is 1. The Kier molecular flexibility index (Phi) is 4.73. The van der Waals surface area contributed by atoms with E-state index in [4.69, 9.17) is 0 Å². The summed E-state index contributed by atoms with van der Waals surface area (Å²) in [6.45, 7) is 4.31. The molecule has 4 rings (SSSR count). The average Bonchev–Trinajstić information content (AvgIpc) is 3.07. The normalized spacial score (nSPS) is 14.0. The van der Waals surface area contributed by atoms with Crippen LogP contribution in [0.25, 0.3) is 5.69 Å². The van der Waals surface area contributed by atoms with Crippen molar-refractivity contribution in [1.82, 2.24) is 25.2 Å². The van der Waals surface area contributed by atoms with Crippen LogP contribution in [0.3, 0.4) is 0 Å². The fraction of sp³-hybridized carbons (Fsp3) is 0.286. The molecule has 0 fully saturated rings. The van der Waals surface area contributed by atoms with E-state index >= 15 is 0 Å². The van der Waals surface area contributed by atoms with Crippen molar-refractivity contribution >= 4 is 5.91 Å². The number of hydrogen-bond acceptors (Lipinski definition) is 4. The maximum Gasteiger partial charge on any atom is 0.274 e. The number of likely N-dealkylation sites (N-methyl/N-ethyl adjacent to an activating group) is 1. The molecule has 1 amide bonds. The molecular weight excluding hydrogens is 338 g/mol. The zero-order valence-electron chi connectivity index (χ0n) is 15.6. The van der Waals surface area contributed by atoms with Gasteiger partial charge in [-0.3, -0.25) is 4.79 Å². The van der Waals surface area contributed by atoms with Crippen LogP contribution in [0.4, 0.5) is 0 Å². The third-order valence-corrected chi connectivity index (χ3v) is 5.07. The lowest BCUT2D eigenvalue weighted by Crippen LogP contribution is -2.27. The Morgan fingerprint density at radius 2 is 1.96 bits per heavy atom. The van der Waals surface area contributed by atoms with Crippen molar-refractivity contribution in [2.75, 3.05) is 13.6 Å². The van der Waals surface area contributed by atoms with Crippen molar-refractivity contribution < 1.29 is 4.79 Å². The summed E-state index contributed by atoms with van der Waals surface area (Å²) in [7, 11) is 2.13. The number of nitrogens with one attached hydrogen (secondary N) is 1. The summed E-state index contributed by atoms with van der Waals surface area (Å²) in [5.74, 6) is -0.202. The summed E-state index contributed by atoms with van der Waals surface area (Å²) < 4.78 is 1.79. The molecule has 1 aliphatic rings. The largest absolute Gasteiger partial charge is 0.347 e.